The van der Waals surface area contributed by atoms with E-state index in [0.717, 1.165) is 28.0 Å². The number of pyridine rings is 1. The lowest BCUT2D eigenvalue weighted by atomic mass is 9.95. The highest BCUT2D eigenvalue weighted by molar-refractivity contribution is 8.41. The SMILES string of the molecule is OCC1=CC(C2OCCc3cnc(Cl)cc32)=C[SH]1Cl. The van der Waals surface area contributed by atoms with Crippen molar-refractivity contribution < 1.29 is 9.84 Å². The van der Waals surface area contributed by atoms with Crippen LogP contribution in [0.3, 0.4) is 0 Å². The van der Waals surface area contributed by atoms with Gasteiger partial charge in [0.05, 0.1) is 13.2 Å². The van der Waals surface area contributed by atoms with Gasteiger partial charge >= 0.3 is 0 Å². The molecule has 2 unspecified atom stereocenters. The number of hydrogen-bond acceptors (Lipinski definition) is 3. The first-order chi connectivity index (χ1) is 9.19. The van der Waals surface area contributed by atoms with Crippen LogP contribution in [0, 0.1) is 0 Å². The predicted octanol–water partition coefficient (Wildman–Crippen LogP) is 3.28. The third kappa shape index (κ3) is 2.56. The first-order valence-corrected chi connectivity index (χ1v) is 8.62. The number of halogens is 2. The van der Waals surface area contributed by atoms with Crippen LogP contribution in [0.4, 0.5) is 0 Å². The summed E-state index contributed by atoms with van der Waals surface area (Å²) in [5, 5.41) is 11.7. The van der Waals surface area contributed by atoms with Gasteiger partial charge in [0, 0.05) is 11.1 Å². The van der Waals surface area contributed by atoms with Crippen molar-refractivity contribution >= 4 is 32.4 Å². The lowest BCUT2D eigenvalue weighted by molar-refractivity contribution is 0.0694. The summed E-state index contributed by atoms with van der Waals surface area (Å²) in [6.07, 6.45) is 4.43. The highest BCUT2D eigenvalue weighted by atomic mass is 35.7. The molecule has 3 rings (SSSR count). The molecule has 0 fully saturated rings. The zero-order chi connectivity index (χ0) is 13.4. The number of thiol groups is 1. The molecule has 0 saturated carbocycles. The molecule has 6 heteroatoms. The molecule has 2 aliphatic rings. The van der Waals surface area contributed by atoms with E-state index >= 15 is 0 Å². The molecule has 0 radical (unpaired) electrons. The fraction of sp³-hybridized carbons (Fsp3) is 0.308. The number of ether oxygens (including phenoxy) is 1. The Kier molecular flexibility index (Phi) is 3.87. The van der Waals surface area contributed by atoms with Crippen LogP contribution < -0.4 is 0 Å². The number of aliphatic hydroxyl groups excluding tert-OH is 1. The van der Waals surface area contributed by atoms with Gasteiger partial charge < -0.3 is 9.84 Å². The molecule has 2 aliphatic heterocycles. The predicted molar refractivity (Wildman–Crippen MR) is 79.7 cm³/mol. The maximum absolute atomic E-state index is 9.25. The van der Waals surface area contributed by atoms with E-state index in [1.807, 2.05) is 23.7 Å². The van der Waals surface area contributed by atoms with Crippen LogP contribution in [-0.4, -0.2) is 23.3 Å². The Hall–Kier alpha value is -0.520. The highest BCUT2D eigenvalue weighted by Gasteiger charge is 2.27. The Morgan fingerprint density at radius 1 is 1.53 bits per heavy atom. The van der Waals surface area contributed by atoms with Crippen LogP contribution >= 0.6 is 32.4 Å². The molecule has 0 saturated heterocycles. The molecule has 19 heavy (non-hydrogen) atoms. The number of fused-ring (bicyclic) bond motifs is 1. The van der Waals surface area contributed by atoms with Crippen molar-refractivity contribution in [1.82, 2.24) is 4.98 Å². The minimum Gasteiger partial charge on any atom is -0.391 e. The second-order valence-electron chi connectivity index (χ2n) is 4.44. The summed E-state index contributed by atoms with van der Waals surface area (Å²) in [6.45, 7) is 0.646. The van der Waals surface area contributed by atoms with E-state index in [1.165, 1.54) is 0 Å². The summed E-state index contributed by atoms with van der Waals surface area (Å²) < 4.78 is 5.86. The molecule has 0 amide bonds. The minimum absolute atomic E-state index is 0.00805. The molecule has 3 heterocycles. The zero-order valence-electron chi connectivity index (χ0n) is 10.0. The summed E-state index contributed by atoms with van der Waals surface area (Å²) in [7, 11) is 5.32. The first kappa shape index (κ1) is 13.5. The number of aliphatic hydroxyl groups is 1. The maximum atomic E-state index is 9.25. The molecule has 0 bridgehead atoms. The van der Waals surface area contributed by atoms with Gasteiger partial charge in [-0.25, -0.2) is 4.98 Å². The molecule has 1 N–H and O–H groups in total. The number of aromatic nitrogens is 1. The quantitative estimate of drug-likeness (QED) is 0.650. The van der Waals surface area contributed by atoms with E-state index < -0.39 is 10.1 Å². The summed E-state index contributed by atoms with van der Waals surface area (Å²) in [5.74, 6) is 0. The third-order valence-electron chi connectivity index (χ3n) is 3.26. The van der Waals surface area contributed by atoms with E-state index in [1.54, 1.807) is 0 Å². The molecule has 0 aromatic carbocycles. The monoisotopic (exact) mass is 317 g/mol. The van der Waals surface area contributed by atoms with Gasteiger partial charge in [0.2, 0.25) is 0 Å². The Labute approximate surface area is 123 Å². The van der Waals surface area contributed by atoms with Crippen LogP contribution in [0.15, 0.2) is 34.2 Å². The fourth-order valence-electron chi connectivity index (χ4n) is 2.34. The van der Waals surface area contributed by atoms with Crippen molar-refractivity contribution in [3.05, 3.63) is 50.5 Å². The van der Waals surface area contributed by atoms with Crippen LogP contribution in [0.1, 0.15) is 17.2 Å². The van der Waals surface area contributed by atoms with Crippen molar-refractivity contribution in [2.75, 3.05) is 13.2 Å². The molecule has 0 aliphatic carbocycles. The normalized spacial score (nSPS) is 27.7. The zero-order valence-corrected chi connectivity index (χ0v) is 12.4. The smallest absolute Gasteiger partial charge is 0.129 e. The largest absolute Gasteiger partial charge is 0.391 e. The van der Waals surface area contributed by atoms with E-state index in [2.05, 4.69) is 4.98 Å². The van der Waals surface area contributed by atoms with Gasteiger partial charge in [-0.2, -0.15) is 0 Å². The van der Waals surface area contributed by atoms with Gasteiger partial charge in [0.25, 0.3) is 0 Å². The van der Waals surface area contributed by atoms with Crippen molar-refractivity contribution in [3.63, 3.8) is 0 Å². The second kappa shape index (κ2) is 5.46. The summed E-state index contributed by atoms with van der Waals surface area (Å²) in [6, 6.07) is 1.85. The van der Waals surface area contributed by atoms with E-state index in [-0.39, 0.29) is 12.7 Å². The third-order valence-corrected chi connectivity index (χ3v) is 5.76. The van der Waals surface area contributed by atoms with Crippen LogP contribution in [0.25, 0.3) is 0 Å². The topological polar surface area (TPSA) is 42.4 Å². The van der Waals surface area contributed by atoms with E-state index in [0.29, 0.717) is 11.8 Å². The Morgan fingerprint density at radius 2 is 2.37 bits per heavy atom. The number of hydrogen-bond donors (Lipinski definition) is 2. The maximum Gasteiger partial charge on any atom is 0.129 e. The highest BCUT2D eigenvalue weighted by Crippen LogP contribution is 2.51. The minimum atomic E-state index is -0.897. The van der Waals surface area contributed by atoms with Crippen molar-refractivity contribution in [1.29, 1.82) is 0 Å². The van der Waals surface area contributed by atoms with Crippen LogP contribution in [-0.2, 0) is 11.2 Å². The molecule has 1 aromatic heterocycles. The Bertz CT molecular complexity index is 574. The van der Waals surface area contributed by atoms with Crippen molar-refractivity contribution in [3.8, 4) is 0 Å². The van der Waals surface area contributed by atoms with Gasteiger partial charge in [-0.05, 0) is 40.7 Å². The van der Waals surface area contributed by atoms with E-state index in [9.17, 15) is 5.11 Å². The molecular weight excluding hydrogens is 305 g/mol. The van der Waals surface area contributed by atoms with Gasteiger partial charge in [0.15, 0.2) is 0 Å². The molecule has 1 aromatic rings. The van der Waals surface area contributed by atoms with Crippen LogP contribution in [0.2, 0.25) is 5.15 Å². The fourth-order valence-corrected chi connectivity index (χ4v) is 4.20. The van der Waals surface area contributed by atoms with Crippen molar-refractivity contribution in [2.45, 2.75) is 12.5 Å². The lowest BCUT2D eigenvalue weighted by Gasteiger charge is -2.26. The molecule has 102 valence electrons. The summed E-state index contributed by atoms with van der Waals surface area (Å²) in [4.78, 5) is 4.98. The summed E-state index contributed by atoms with van der Waals surface area (Å²) >= 11 is 5.97. The second-order valence-corrected chi connectivity index (χ2v) is 7.38. The first-order valence-electron chi connectivity index (χ1n) is 5.93. The number of rotatable bonds is 2. The number of nitrogens with zero attached hydrogens (tertiary/aromatic N) is 1. The van der Waals surface area contributed by atoms with E-state index in [4.69, 9.17) is 27.0 Å². The lowest BCUT2D eigenvalue weighted by Crippen LogP contribution is -2.17. The molecular formula is C13H13Cl2NO2S. The van der Waals surface area contributed by atoms with Gasteiger partial charge in [-0.3, -0.25) is 0 Å². The van der Waals surface area contributed by atoms with Gasteiger partial charge in [0.1, 0.15) is 11.3 Å². The van der Waals surface area contributed by atoms with Crippen molar-refractivity contribution in [2.24, 2.45) is 0 Å². The molecule has 0 spiro atoms. The van der Waals surface area contributed by atoms with Gasteiger partial charge in [-0.1, -0.05) is 22.3 Å². The van der Waals surface area contributed by atoms with Crippen LogP contribution in [0.5, 0.6) is 0 Å². The Balaban J connectivity index is 1.99. The standard InChI is InChI=1S/C13H13Cl2NO2S/c14-12-4-11-8(5-16-12)1-2-18-13(11)9-3-10(6-17)19(15)7-9/h3-5,7,13,17,19H,1-2,6H2. The molecule has 2 atom stereocenters. The Morgan fingerprint density at radius 3 is 3.11 bits per heavy atom. The van der Waals surface area contributed by atoms with Gasteiger partial charge in [-0.15, -0.1) is 10.1 Å². The molecule has 3 nitrogen and oxygen atoms in total. The average molecular weight is 318 g/mol. The average Bonchev–Trinajstić information content (AvgIpc) is 2.79. The summed E-state index contributed by atoms with van der Waals surface area (Å²) in [5.41, 5.74) is 3.22.